The SMILES string of the molecule is CC1=Cc2ccncc2N=C(N)C1. The summed E-state index contributed by atoms with van der Waals surface area (Å²) in [5, 5.41) is 0. The van der Waals surface area contributed by atoms with Gasteiger partial charge in [-0.1, -0.05) is 11.6 Å². The number of amidine groups is 1. The van der Waals surface area contributed by atoms with Crippen molar-refractivity contribution in [3.05, 3.63) is 29.6 Å². The highest BCUT2D eigenvalue weighted by atomic mass is 14.9. The fraction of sp³-hybridized carbons (Fsp3) is 0.200. The Morgan fingerprint density at radius 1 is 1.46 bits per heavy atom. The fourth-order valence-electron chi connectivity index (χ4n) is 1.41. The largest absolute Gasteiger partial charge is 0.387 e. The van der Waals surface area contributed by atoms with Crippen LogP contribution in [0, 0.1) is 0 Å². The molecule has 1 aliphatic heterocycles. The zero-order valence-electron chi connectivity index (χ0n) is 7.49. The van der Waals surface area contributed by atoms with Gasteiger partial charge in [-0.15, -0.1) is 0 Å². The molecule has 66 valence electrons. The maximum Gasteiger partial charge on any atom is 0.104 e. The number of hydrogen-bond acceptors (Lipinski definition) is 3. The predicted octanol–water partition coefficient (Wildman–Crippen LogP) is 1.88. The molecule has 3 nitrogen and oxygen atoms in total. The van der Waals surface area contributed by atoms with E-state index in [0.717, 1.165) is 17.7 Å². The lowest BCUT2D eigenvalue weighted by atomic mass is 10.1. The third kappa shape index (κ3) is 1.59. The van der Waals surface area contributed by atoms with Crippen LogP contribution in [0.5, 0.6) is 0 Å². The second-order valence-electron chi connectivity index (χ2n) is 3.21. The summed E-state index contributed by atoms with van der Waals surface area (Å²) in [4.78, 5) is 8.28. The Kier molecular flexibility index (Phi) is 1.85. The van der Waals surface area contributed by atoms with E-state index in [2.05, 4.69) is 23.0 Å². The van der Waals surface area contributed by atoms with Crippen molar-refractivity contribution in [3.63, 3.8) is 0 Å². The van der Waals surface area contributed by atoms with Crippen molar-refractivity contribution >= 4 is 17.6 Å². The zero-order valence-corrected chi connectivity index (χ0v) is 7.49. The van der Waals surface area contributed by atoms with E-state index in [1.54, 1.807) is 12.4 Å². The van der Waals surface area contributed by atoms with Gasteiger partial charge in [-0.3, -0.25) is 4.98 Å². The highest BCUT2D eigenvalue weighted by Crippen LogP contribution is 2.24. The van der Waals surface area contributed by atoms with Gasteiger partial charge in [0, 0.05) is 18.2 Å². The number of aromatic nitrogens is 1. The normalized spacial score (nSPS) is 15.5. The van der Waals surface area contributed by atoms with Gasteiger partial charge in [-0.25, -0.2) is 4.99 Å². The summed E-state index contributed by atoms with van der Waals surface area (Å²) in [5.74, 6) is 0.653. The average Bonchev–Trinajstić information content (AvgIpc) is 2.20. The van der Waals surface area contributed by atoms with Crippen molar-refractivity contribution in [2.75, 3.05) is 0 Å². The van der Waals surface area contributed by atoms with Gasteiger partial charge in [-0.2, -0.15) is 0 Å². The lowest BCUT2D eigenvalue weighted by molar-refractivity contribution is 1.25. The summed E-state index contributed by atoms with van der Waals surface area (Å²) in [5.41, 5.74) is 8.90. The van der Waals surface area contributed by atoms with Gasteiger partial charge in [0.05, 0.1) is 11.9 Å². The summed E-state index contributed by atoms with van der Waals surface area (Å²) >= 11 is 0. The average molecular weight is 173 g/mol. The monoisotopic (exact) mass is 173 g/mol. The molecule has 2 heterocycles. The molecule has 0 fully saturated rings. The lowest BCUT2D eigenvalue weighted by Crippen LogP contribution is -2.10. The highest BCUT2D eigenvalue weighted by Gasteiger charge is 2.05. The van der Waals surface area contributed by atoms with E-state index in [4.69, 9.17) is 5.73 Å². The minimum atomic E-state index is 0.653. The number of fused-ring (bicyclic) bond motifs is 1. The van der Waals surface area contributed by atoms with Crippen molar-refractivity contribution in [2.24, 2.45) is 10.7 Å². The molecule has 0 aromatic carbocycles. The Labute approximate surface area is 77.0 Å². The van der Waals surface area contributed by atoms with Crippen LogP contribution in [0.25, 0.3) is 6.08 Å². The molecule has 1 aromatic heterocycles. The van der Waals surface area contributed by atoms with Crippen molar-refractivity contribution in [1.82, 2.24) is 4.98 Å². The van der Waals surface area contributed by atoms with Crippen molar-refractivity contribution < 1.29 is 0 Å². The highest BCUT2D eigenvalue weighted by molar-refractivity contribution is 5.89. The molecule has 0 radical (unpaired) electrons. The van der Waals surface area contributed by atoms with Crippen molar-refractivity contribution in [2.45, 2.75) is 13.3 Å². The molecule has 0 saturated carbocycles. The van der Waals surface area contributed by atoms with Crippen molar-refractivity contribution in [3.8, 4) is 0 Å². The summed E-state index contributed by atoms with van der Waals surface area (Å²) in [6.07, 6.45) is 6.34. The van der Waals surface area contributed by atoms with Crippen LogP contribution < -0.4 is 5.73 Å². The molecule has 2 N–H and O–H groups in total. The Balaban J connectivity index is 2.60. The number of pyridine rings is 1. The van der Waals surface area contributed by atoms with E-state index < -0.39 is 0 Å². The third-order valence-electron chi connectivity index (χ3n) is 1.96. The summed E-state index contributed by atoms with van der Waals surface area (Å²) < 4.78 is 0. The first-order valence-electron chi connectivity index (χ1n) is 4.20. The van der Waals surface area contributed by atoms with Gasteiger partial charge < -0.3 is 5.73 Å². The molecule has 1 aliphatic rings. The van der Waals surface area contributed by atoms with Gasteiger partial charge in [0.25, 0.3) is 0 Å². The van der Waals surface area contributed by atoms with Crippen LogP contribution in [-0.4, -0.2) is 10.8 Å². The first kappa shape index (κ1) is 7.98. The van der Waals surface area contributed by atoms with E-state index in [1.807, 2.05) is 6.07 Å². The fourth-order valence-corrected chi connectivity index (χ4v) is 1.41. The molecule has 0 bridgehead atoms. The minimum absolute atomic E-state index is 0.653. The standard InChI is InChI=1S/C10H11N3/c1-7-4-8-2-3-12-6-9(8)13-10(11)5-7/h2-4,6H,5H2,1H3,(H2,11,13). The zero-order chi connectivity index (χ0) is 9.26. The summed E-state index contributed by atoms with van der Waals surface area (Å²) in [6, 6.07) is 1.95. The van der Waals surface area contributed by atoms with Crippen LogP contribution >= 0.6 is 0 Å². The Morgan fingerprint density at radius 2 is 2.31 bits per heavy atom. The first-order valence-corrected chi connectivity index (χ1v) is 4.20. The molecule has 0 amide bonds. The van der Waals surface area contributed by atoms with Crippen LogP contribution in [0.2, 0.25) is 0 Å². The number of nitrogens with zero attached hydrogens (tertiary/aromatic N) is 2. The summed E-state index contributed by atoms with van der Waals surface area (Å²) in [7, 11) is 0. The maximum absolute atomic E-state index is 5.72. The molecule has 13 heavy (non-hydrogen) atoms. The molecule has 0 aliphatic carbocycles. The Bertz CT molecular complexity index is 354. The van der Waals surface area contributed by atoms with E-state index in [1.165, 1.54) is 5.57 Å². The second-order valence-corrected chi connectivity index (χ2v) is 3.21. The molecule has 0 spiro atoms. The predicted molar refractivity (Wildman–Crippen MR) is 53.8 cm³/mol. The van der Waals surface area contributed by atoms with Gasteiger partial charge in [0.15, 0.2) is 0 Å². The first-order chi connectivity index (χ1) is 6.25. The van der Waals surface area contributed by atoms with E-state index in [0.29, 0.717) is 5.84 Å². The van der Waals surface area contributed by atoms with Crippen LogP contribution in [0.3, 0.4) is 0 Å². The molecule has 3 heteroatoms. The van der Waals surface area contributed by atoms with Gasteiger partial charge in [0.2, 0.25) is 0 Å². The van der Waals surface area contributed by atoms with Crippen LogP contribution in [0.1, 0.15) is 18.9 Å². The number of aliphatic imine (C=N–C) groups is 1. The van der Waals surface area contributed by atoms with E-state index >= 15 is 0 Å². The molecular formula is C10H11N3. The van der Waals surface area contributed by atoms with Crippen LogP contribution in [0.15, 0.2) is 29.0 Å². The van der Waals surface area contributed by atoms with Gasteiger partial charge in [-0.05, 0) is 13.0 Å². The van der Waals surface area contributed by atoms with Crippen LogP contribution in [0.4, 0.5) is 5.69 Å². The maximum atomic E-state index is 5.72. The van der Waals surface area contributed by atoms with Gasteiger partial charge in [0.1, 0.15) is 5.84 Å². The quantitative estimate of drug-likeness (QED) is 0.651. The van der Waals surface area contributed by atoms with Gasteiger partial charge >= 0.3 is 0 Å². The Hall–Kier alpha value is -1.64. The van der Waals surface area contributed by atoms with Crippen LogP contribution in [-0.2, 0) is 0 Å². The lowest BCUT2D eigenvalue weighted by Gasteiger charge is -1.96. The number of rotatable bonds is 0. The van der Waals surface area contributed by atoms with E-state index in [-0.39, 0.29) is 0 Å². The Morgan fingerprint density at radius 3 is 3.15 bits per heavy atom. The molecule has 0 atom stereocenters. The molecule has 0 saturated heterocycles. The number of hydrogen-bond donors (Lipinski definition) is 1. The second kappa shape index (κ2) is 3.01. The third-order valence-corrected chi connectivity index (χ3v) is 1.96. The van der Waals surface area contributed by atoms with Crippen molar-refractivity contribution in [1.29, 1.82) is 0 Å². The molecular weight excluding hydrogens is 162 g/mol. The minimum Gasteiger partial charge on any atom is -0.387 e. The molecule has 2 rings (SSSR count). The molecule has 1 aromatic rings. The van der Waals surface area contributed by atoms with E-state index in [9.17, 15) is 0 Å². The smallest absolute Gasteiger partial charge is 0.104 e. The molecule has 0 unspecified atom stereocenters. The summed E-state index contributed by atoms with van der Waals surface area (Å²) in [6.45, 7) is 2.05. The topological polar surface area (TPSA) is 51.3 Å². The number of nitrogens with two attached hydrogens (primary N) is 1.